The van der Waals surface area contributed by atoms with E-state index in [1.54, 1.807) is 6.92 Å². The van der Waals surface area contributed by atoms with E-state index >= 15 is 0 Å². The number of hydrogen-bond donors (Lipinski definition) is 1. The van der Waals surface area contributed by atoms with Crippen molar-refractivity contribution in [1.29, 1.82) is 0 Å². The van der Waals surface area contributed by atoms with Crippen LogP contribution in [0.5, 0.6) is 0 Å². The Balaban J connectivity index is 2.80. The van der Waals surface area contributed by atoms with Crippen LogP contribution >= 0.6 is 0 Å². The van der Waals surface area contributed by atoms with Gasteiger partial charge in [0.15, 0.2) is 0 Å². The van der Waals surface area contributed by atoms with Crippen LogP contribution in [0.3, 0.4) is 0 Å². The minimum absolute atomic E-state index is 0.132. The molecule has 1 fully saturated rings. The summed E-state index contributed by atoms with van der Waals surface area (Å²) >= 11 is 0. The van der Waals surface area contributed by atoms with Gasteiger partial charge in [0, 0.05) is 25.5 Å². The first kappa shape index (κ1) is 17.3. The van der Waals surface area contributed by atoms with Gasteiger partial charge in [-0.1, -0.05) is 6.58 Å². The summed E-state index contributed by atoms with van der Waals surface area (Å²) in [6.45, 7) is 12.5. The van der Waals surface area contributed by atoms with E-state index in [9.17, 15) is 4.79 Å². The number of aliphatic imine (C=N–C) groups is 2. The van der Waals surface area contributed by atoms with Crippen LogP contribution in [-0.2, 0) is 9.53 Å². The van der Waals surface area contributed by atoms with E-state index in [1.165, 1.54) is 6.20 Å². The molecule has 0 aromatic heterocycles. The van der Waals surface area contributed by atoms with Crippen LogP contribution in [0, 0.1) is 0 Å². The molecule has 1 amide bonds. The van der Waals surface area contributed by atoms with Crippen molar-refractivity contribution in [3.63, 3.8) is 0 Å². The molecule has 5 heteroatoms. The lowest BCUT2D eigenvalue weighted by molar-refractivity contribution is -0.116. The van der Waals surface area contributed by atoms with Crippen LogP contribution in [0.25, 0.3) is 0 Å². The SMILES string of the molecule is C=C/N=C(/C)C(/N=C(\C)C(=O)NC1CCOCC1)=C(C)C. The Hall–Kier alpha value is -1.75. The molecule has 1 saturated heterocycles. The molecular formula is C16H25N3O2. The zero-order valence-corrected chi connectivity index (χ0v) is 13.4. The van der Waals surface area contributed by atoms with Gasteiger partial charge in [0.25, 0.3) is 5.91 Å². The topological polar surface area (TPSA) is 63.0 Å². The van der Waals surface area contributed by atoms with E-state index in [0.29, 0.717) is 18.9 Å². The van der Waals surface area contributed by atoms with Gasteiger partial charge >= 0.3 is 0 Å². The van der Waals surface area contributed by atoms with E-state index in [0.717, 1.165) is 29.8 Å². The Morgan fingerprint density at radius 1 is 1.19 bits per heavy atom. The molecule has 0 aromatic carbocycles. The number of carbonyl (C=O) groups excluding carboxylic acids is 1. The highest BCUT2D eigenvalue weighted by Gasteiger charge is 2.17. The fraction of sp³-hybridized carbons (Fsp3) is 0.562. The van der Waals surface area contributed by atoms with Crippen molar-refractivity contribution >= 4 is 17.3 Å². The molecule has 116 valence electrons. The van der Waals surface area contributed by atoms with E-state index < -0.39 is 0 Å². The Labute approximate surface area is 126 Å². The molecule has 0 aliphatic carbocycles. The van der Waals surface area contributed by atoms with Crippen LogP contribution in [0.4, 0.5) is 0 Å². The minimum Gasteiger partial charge on any atom is -0.381 e. The predicted molar refractivity (Wildman–Crippen MR) is 86.8 cm³/mol. The first-order valence-electron chi connectivity index (χ1n) is 7.22. The zero-order chi connectivity index (χ0) is 15.8. The Morgan fingerprint density at radius 3 is 2.33 bits per heavy atom. The summed E-state index contributed by atoms with van der Waals surface area (Å²) in [6, 6.07) is 0.175. The van der Waals surface area contributed by atoms with Gasteiger partial charge in [-0.3, -0.25) is 9.79 Å². The fourth-order valence-corrected chi connectivity index (χ4v) is 2.10. The minimum atomic E-state index is -0.132. The molecule has 1 aliphatic heterocycles. The van der Waals surface area contributed by atoms with Crippen molar-refractivity contribution in [1.82, 2.24) is 5.32 Å². The van der Waals surface area contributed by atoms with Gasteiger partial charge in [0.1, 0.15) is 5.71 Å². The summed E-state index contributed by atoms with van der Waals surface area (Å²) in [5.41, 5.74) is 2.94. The van der Waals surface area contributed by atoms with E-state index in [2.05, 4.69) is 21.9 Å². The monoisotopic (exact) mass is 291 g/mol. The van der Waals surface area contributed by atoms with Crippen molar-refractivity contribution in [2.24, 2.45) is 9.98 Å². The highest BCUT2D eigenvalue weighted by atomic mass is 16.5. The summed E-state index contributed by atoms with van der Waals surface area (Å²) in [4.78, 5) is 20.8. The number of carbonyl (C=O) groups is 1. The van der Waals surface area contributed by atoms with Crippen molar-refractivity contribution in [3.05, 3.63) is 24.0 Å². The van der Waals surface area contributed by atoms with E-state index in [4.69, 9.17) is 4.74 Å². The molecule has 0 saturated carbocycles. The summed E-state index contributed by atoms with van der Waals surface area (Å²) in [5.74, 6) is -0.132. The lowest BCUT2D eigenvalue weighted by atomic mass is 10.1. The Morgan fingerprint density at radius 2 is 1.81 bits per heavy atom. The average molecular weight is 291 g/mol. The number of ether oxygens (including phenoxy) is 1. The van der Waals surface area contributed by atoms with Crippen molar-refractivity contribution in [2.45, 2.75) is 46.6 Å². The second kappa shape index (κ2) is 8.52. The fourth-order valence-electron chi connectivity index (χ4n) is 2.10. The molecule has 0 atom stereocenters. The van der Waals surface area contributed by atoms with Gasteiger partial charge < -0.3 is 10.1 Å². The first-order valence-corrected chi connectivity index (χ1v) is 7.22. The van der Waals surface area contributed by atoms with Crippen molar-refractivity contribution in [2.75, 3.05) is 13.2 Å². The standard InChI is InChI=1S/C16H25N3O2/c1-6-17-12(4)15(11(2)3)18-13(5)16(20)19-14-7-9-21-10-8-14/h6,14H,1,7-10H2,2-5H3,(H,19,20)/b17-12-,18-13+. The summed E-state index contributed by atoms with van der Waals surface area (Å²) < 4.78 is 5.28. The maximum atomic E-state index is 12.2. The quantitative estimate of drug-likeness (QED) is 0.791. The van der Waals surface area contributed by atoms with Gasteiger partial charge in [-0.2, -0.15) is 0 Å². The lowest BCUT2D eigenvalue weighted by Crippen LogP contribution is -2.41. The molecule has 1 heterocycles. The second-order valence-electron chi connectivity index (χ2n) is 5.30. The maximum Gasteiger partial charge on any atom is 0.265 e. The number of amides is 1. The number of rotatable bonds is 5. The van der Waals surface area contributed by atoms with Gasteiger partial charge in [0.05, 0.1) is 11.4 Å². The molecule has 0 aromatic rings. The molecule has 1 rings (SSSR count). The van der Waals surface area contributed by atoms with Gasteiger partial charge in [-0.15, -0.1) is 0 Å². The normalized spacial score (nSPS) is 17.3. The van der Waals surface area contributed by atoms with Crippen LogP contribution in [0.1, 0.15) is 40.5 Å². The Bertz CT molecular complexity index is 480. The van der Waals surface area contributed by atoms with E-state index in [-0.39, 0.29) is 11.9 Å². The third kappa shape index (κ3) is 5.63. The van der Waals surface area contributed by atoms with Crippen LogP contribution in [0.2, 0.25) is 0 Å². The molecule has 0 unspecified atom stereocenters. The maximum absolute atomic E-state index is 12.2. The molecule has 0 spiro atoms. The summed E-state index contributed by atoms with van der Waals surface area (Å²) in [5, 5.41) is 3.00. The van der Waals surface area contributed by atoms with E-state index in [1.807, 2.05) is 20.8 Å². The number of nitrogens with one attached hydrogen (secondary N) is 1. The lowest BCUT2D eigenvalue weighted by Gasteiger charge is -2.23. The summed E-state index contributed by atoms with van der Waals surface area (Å²) in [6.07, 6.45) is 3.18. The molecule has 5 nitrogen and oxygen atoms in total. The predicted octanol–water partition coefficient (Wildman–Crippen LogP) is 2.64. The number of nitrogens with zero attached hydrogens (tertiary/aromatic N) is 2. The highest BCUT2D eigenvalue weighted by Crippen LogP contribution is 2.10. The molecule has 1 aliphatic rings. The Kier molecular flexibility index (Phi) is 7.02. The summed E-state index contributed by atoms with van der Waals surface area (Å²) in [7, 11) is 0. The molecule has 0 radical (unpaired) electrons. The molecule has 0 bridgehead atoms. The van der Waals surface area contributed by atoms with Crippen LogP contribution in [0.15, 0.2) is 34.0 Å². The third-order valence-electron chi connectivity index (χ3n) is 3.27. The smallest absolute Gasteiger partial charge is 0.265 e. The van der Waals surface area contributed by atoms with Gasteiger partial charge in [-0.25, -0.2) is 4.99 Å². The van der Waals surface area contributed by atoms with Crippen LogP contribution < -0.4 is 5.32 Å². The van der Waals surface area contributed by atoms with Crippen molar-refractivity contribution < 1.29 is 9.53 Å². The van der Waals surface area contributed by atoms with Gasteiger partial charge in [-0.05, 0) is 46.1 Å². The van der Waals surface area contributed by atoms with Crippen LogP contribution in [-0.4, -0.2) is 36.6 Å². The zero-order valence-electron chi connectivity index (χ0n) is 13.4. The first-order chi connectivity index (χ1) is 9.95. The molecular weight excluding hydrogens is 266 g/mol. The van der Waals surface area contributed by atoms with Crippen molar-refractivity contribution in [3.8, 4) is 0 Å². The average Bonchev–Trinajstić information content (AvgIpc) is 2.45. The third-order valence-corrected chi connectivity index (χ3v) is 3.27. The van der Waals surface area contributed by atoms with Gasteiger partial charge in [0.2, 0.25) is 0 Å². The molecule has 1 N–H and O–H groups in total. The molecule has 21 heavy (non-hydrogen) atoms. The highest BCUT2D eigenvalue weighted by molar-refractivity contribution is 6.38. The number of hydrogen-bond acceptors (Lipinski definition) is 4. The number of allylic oxidation sites excluding steroid dienone is 2. The largest absolute Gasteiger partial charge is 0.381 e. The second-order valence-corrected chi connectivity index (χ2v) is 5.30.